The van der Waals surface area contributed by atoms with Crippen LogP contribution in [0.1, 0.15) is 28.5 Å². The van der Waals surface area contributed by atoms with Gasteiger partial charge in [0.15, 0.2) is 0 Å². The zero-order valence-electron chi connectivity index (χ0n) is 15.4. The number of nitrogens with zero attached hydrogens (tertiary/aromatic N) is 4. The van der Waals surface area contributed by atoms with Crippen molar-refractivity contribution >= 4 is 0 Å². The number of hydrogen-bond donors (Lipinski definition) is 0. The molecule has 0 saturated carbocycles. The molecule has 28 heavy (non-hydrogen) atoms. The Balaban J connectivity index is 1.40. The second kappa shape index (κ2) is 7.37. The lowest BCUT2D eigenvalue weighted by Crippen LogP contribution is -2.33. The molecule has 1 atom stereocenters. The second-order valence-electron chi connectivity index (χ2n) is 7.06. The van der Waals surface area contributed by atoms with Crippen LogP contribution in [0.25, 0.3) is 11.5 Å². The van der Waals surface area contributed by atoms with E-state index >= 15 is 0 Å². The number of fused-ring (bicyclic) bond motifs is 1. The van der Waals surface area contributed by atoms with E-state index in [9.17, 15) is 0 Å². The van der Waals surface area contributed by atoms with Crippen molar-refractivity contribution < 1.29 is 4.52 Å². The van der Waals surface area contributed by atoms with Crippen molar-refractivity contribution in [3.63, 3.8) is 0 Å². The molecule has 138 valence electrons. The van der Waals surface area contributed by atoms with Crippen molar-refractivity contribution in [3.05, 3.63) is 102 Å². The zero-order chi connectivity index (χ0) is 18.8. The van der Waals surface area contributed by atoms with Gasteiger partial charge in [-0.25, -0.2) is 0 Å². The molecule has 1 aliphatic rings. The number of benzene rings is 2. The van der Waals surface area contributed by atoms with Gasteiger partial charge in [0.25, 0.3) is 0 Å². The summed E-state index contributed by atoms with van der Waals surface area (Å²) in [4.78, 5) is 11.2. The maximum atomic E-state index is 5.51. The van der Waals surface area contributed by atoms with Crippen LogP contribution < -0.4 is 0 Å². The van der Waals surface area contributed by atoms with Gasteiger partial charge in [-0.2, -0.15) is 4.98 Å². The zero-order valence-corrected chi connectivity index (χ0v) is 15.4. The highest BCUT2D eigenvalue weighted by molar-refractivity contribution is 5.47. The van der Waals surface area contributed by atoms with E-state index in [1.54, 1.807) is 6.20 Å². The number of aromatic nitrogens is 3. The van der Waals surface area contributed by atoms with E-state index in [0.717, 1.165) is 18.8 Å². The van der Waals surface area contributed by atoms with Crippen LogP contribution in [0.15, 0.2) is 83.5 Å². The highest BCUT2D eigenvalue weighted by Gasteiger charge is 2.27. The van der Waals surface area contributed by atoms with Gasteiger partial charge in [-0.05, 0) is 28.8 Å². The lowest BCUT2D eigenvalue weighted by atomic mass is 9.85. The van der Waals surface area contributed by atoms with Crippen LogP contribution in [-0.4, -0.2) is 26.6 Å². The third-order valence-corrected chi connectivity index (χ3v) is 5.19. The van der Waals surface area contributed by atoms with Crippen LogP contribution >= 0.6 is 0 Å². The molecule has 0 spiro atoms. The minimum absolute atomic E-state index is 0.337. The monoisotopic (exact) mass is 368 g/mol. The normalized spacial score (nSPS) is 16.6. The summed E-state index contributed by atoms with van der Waals surface area (Å²) in [6, 6.07) is 25.1. The smallest absolute Gasteiger partial charge is 0.241 e. The Hall–Kier alpha value is -3.31. The van der Waals surface area contributed by atoms with E-state index in [0.29, 0.717) is 24.2 Å². The largest absolute Gasteiger partial charge is 0.337 e. The molecule has 3 heterocycles. The molecule has 0 amide bonds. The van der Waals surface area contributed by atoms with Crippen molar-refractivity contribution in [2.45, 2.75) is 19.0 Å². The fourth-order valence-electron chi connectivity index (χ4n) is 3.88. The summed E-state index contributed by atoms with van der Waals surface area (Å²) >= 11 is 0. The molecular weight excluding hydrogens is 348 g/mol. The summed E-state index contributed by atoms with van der Waals surface area (Å²) in [5.41, 5.74) is 4.82. The van der Waals surface area contributed by atoms with Crippen LogP contribution in [0.2, 0.25) is 0 Å². The van der Waals surface area contributed by atoms with Crippen LogP contribution in [0.4, 0.5) is 0 Å². The Morgan fingerprint density at radius 3 is 2.61 bits per heavy atom. The molecule has 2 aromatic heterocycles. The molecule has 5 rings (SSSR count). The van der Waals surface area contributed by atoms with E-state index in [2.05, 4.69) is 74.6 Å². The SMILES string of the molecule is c1ccc([C@@H]2CN(Cc3nc(-c4ccccn4)no3)Cc3ccccc32)cc1. The van der Waals surface area contributed by atoms with E-state index in [4.69, 9.17) is 4.52 Å². The van der Waals surface area contributed by atoms with E-state index in [1.807, 2.05) is 18.2 Å². The van der Waals surface area contributed by atoms with Gasteiger partial charge in [0, 0.05) is 25.2 Å². The molecule has 5 heteroatoms. The summed E-state index contributed by atoms with van der Waals surface area (Å²) in [5, 5.41) is 4.10. The topological polar surface area (TPSA) is 55.1 Å². The lowest BCUT2D eigenvalue weighted by Gasteiger charge is -2.34. The van der Waals surface area contributed by atoms with Gasteiger partial charge in [0.1, 0.15) is 5.69 Å². The summed E-state index contributed by atoms with van der Waals surface area (Å²) in [7, 11) is 0. The molecule has 4 aromatic rings. The lowest BCUT2D eigenvalue weighted by molar-refractivity contribution is 0.200. The Bertz CT molecular complexity index is 1060. The number of pyridine rings is 1. The molecule has 2 aromatic carbocycles. The predicted molar refractivity (Wildman–Crippen MR) is 106 cm³/mol. The Labute approximate surface area is 163 Å². The third kappa shape index (κ3) is 3.32. The Morgan fingerprint density at radius 2 is 1.75 bits per heavy atom. The first-order valence-electron chi connectivity index (χ1n) is 9.46. The molecular formula is C23H20N4O. The van der Waals surface area contributed by atoms with E-state index in [1.165, 1.54) is 16.7 Å². The van der Waals surface area contributed by atoms with Gasteiger partial charge in [-0.3, -0.25) is 9.88 Å². The highest BCUT2D eigenvalue weighted by Crippen LogP contribution is 2.34. The molecule has 0 unspecified atom stereocenters. The van der Waals surface area contributed by atoms with E-state index in [-0.39, 0.29) is 0 Å². The fraction of sp³-hybridized carbons (Fsp3) is 0.174. The van der Waals surface area contributed by atoms with E-state index < -0.39 is 0 Å². The molecule has 0 saturated heterocycles. The average molecular weight is 368 g/mol. The van der Waals surface area contributed by atoms with Crippen LogP contribution in [0.3, 0.4) is 0 Å². The number of rotatable bonds is 4. The maximum absolute atomic E-state index is 5.51. The molecule has 0 radical (unpaired) electrons. The molecule has 1 aliphatic heterocycles. The Kier molecular flexibility index (Phi) is 4.43. The molecule has 0 bridgehead atoms. The van der Waals surface area contributed by atoms with Crippen LogP contribution in [-0.2, 0) is 13.1 Å². The van der Waals surface area contributed by atoms with Crippen LogP contribution in [0, 0.1) is 0 Å². The van der Waals surface area contributed by atoms with Crippen molar-refractivity contribution in [2.24, 2.45) is 0 Å². The minimum atomic E-state index is 0.337. The van der Waals surface area contributed by atoms with Crippen molar-refractivity contribution in [2.75, 3.05) is 6.54 Å². The molecule has 0 N–H and O–H groups in total. The molecule has 0 aliphatic carbocycles. The Morgan fingerprint density at radius 1 is 0.929 bits per heavy atom. The van der Waals surface area contributed by atoms with Gasteiger partial charge >= 0.3 is 0 Å². The van der Waals surface area contributed by atoms with Crippen molar-refractivity contribution in [1.29, 1.82) is 0 Å². The van der Waals surface area contributed by atoms with Crippen molar-refractivity contribution in [3.8, 4) is 11.5 Å². The standard InChI is InChI=1S/C23H20N4O/c1-2-8-17(9-3-1)20-15-27(14-18-10-4-5-11-19(18)20)16-22-25-23(26-28-22)21-12-6-7-13-24-21/h1-13,20H,14-16H2/t20-/m0/s1. The quantitative estimate of drug-likeness (QED) is 0.538. The summed E-state index contributed by atoms with van der Waals surface area (Å²) in [6.45, 7) is 2.42. The second-order valence-corrected chi connectivity index (χ2v) is 7.06. The third-order valence-electron chi connectivity index (χ3n) is 5.19. The highest BCUT2D eigenvalue weighted by atomic mass is 16.5. The minimum Gasteiger partial charge on any atom is -0.337 e. The van der Waals surface area contributed by atoms with Crippen LogP contribution in [0.5, 0.6) is 0 Å². The predicted octanol–water partition coefficient (Wildman–Crippen LogP) is 4.28. The van der Waals surface area contributed by atoms with Gasteiger partial charge in [-0.15, -0.1) is 0 Å². The van der Waals surface area contributed by atoms with Crippen molar-refractivity contribution in [1.82, 2.24) is 20.0 Å². The summed E-state index contributed by atoms with van der Waals surface area (Å²) in [5.74, 6) is 1.49. The van der Waals surface area contributed by atoms with Gasteiger partial charge < -0.3 is 4.52 Å². The van der Waals surface area contributed by atoms with Gasteiger partial charge in [0.05, 0.1) is 6.54 Å². The average Bonchev–Trinajstić information content (AvgIpc) is 3.23. The maximum Gasteiger partial charge on any atom is 0.241 e. The first-order chi connectivity index (χ1) is 13.9. The molecule has 0 fully saturated rings. The van der Waals surface area contributed by atoms with Gasteiger partial charge in [-0.1, -0.05) is 65.8 Å². The summed E-state index contributed by atoms with van der Waals surface area (Å²) in [6.07, 6.45) is 1.73. The molecule has 5 nitrogen and oxygen atoms in total. The number of hydrogen-bond acceptors (Lipinski definition) is 5. The first kappa shape index (κ1) is 16.8. The fourth-order valence-corrected chi connectivity index (χ4v) is 3.88. The summed E-state index contributed by atoms with van der Waals surface area (Å²) < 4.78 is 5.51. The van der Waals surface area contributed by atoms with Gasteiger partial charge in [0.2, 0.25) is 11.7 Å². The first-order valence-corrected chi connectivity index (χ1v) is 9.46.